The summed E-state index contributed by atoms with van der Waals surface area (Å²) in [5.41, 5.74) is 1.92. The first-order valence-corrected chi connectivity index (χ1v) is 9.53. The lowest BCUT2D eigenvalue weighted by molar-refractivity contribution is -0.122. The fourth-order valence-corrected chi connectivity index (χ4v) is 3.07. The summed E-state index contributed by atoms with van der Waals surface area (Å²) in [5, 5.41) is 17.8. The molecule has 1 aromatic heterocycles. The number of fused-ring (bicyclic) bond motifs is 1. The zero-order valence-corrected chi connectivity index (χ0v) is 17.2. The number of carbonyl (C=O) groups excluding carboxylic acids is 2. The van der Waals surface area contributed by atoms with Crippen LogP contribution in [-0.2, 0) is 27.8 Å². The molecule has 9 heteroatoms. The molecule has 0 bridgehead atoms. The summed E-state index contributed by atoms with van der Waals surface area (Å²) in [6, 6.07) is 5.13. The van der Waals surface area contributed by atoms with Crippen molar-refractivity contribution in [1.82, 2.24) is 15.1 Å². The highest BCUT2D eigenvalue weighted by atomic mass is 16.5. The molecule has 2 heterocycles. The van der Waals surface area contributed by atoms with Crippen molar-refractivity contribution in [2.45, 2.75) is 19.4 Å². The number of rotatable bonds is 8. The molecule has 9 nitrogen and oxygen atoms in total. The predicted octanol–water partition coefficient (Wildman–Crippen LogP) is 1.44. The van der Waals surface area contributed by atoms with E-state index in [1.165, 1.54) is 24.1 Å². The molecule has 0 spiro atoms. The molecule has 0 unspecified atom stereocenters. The number of aromatic nitrogens is 2. The second-order valence-corrected chi connectivity index (χ2v) is 7.08. The first kappa shape index (κ1) is 21.3. The van der Waals surface area contributed by atoms with Crippen LogP contribution in [0.1, 0.15) is 18.1 Å². The average Bonchev–Trinajstić information content (AvgIpc) is 3.33. The van der Waals surface area contributed by atoms with Gasteiger partial charge in [-0.25, -0.2) is 0 Å². The van der Waals surface area contributed by atoms with Crippen LogP contribution >= 0.6 is 0 Å². The summed E-state index contributed by atoms with van der Waals surface area (Å²) in [4.78, 5) is 25.6. The third kappa shape index (κ3) is 5.12. The normalized spacial score (nSPS) is 13.9. The molecular formula is C21H25N5O4. The van der Waals surface area contributed by atoms with Crippen LogP contribution < -0.4 is 15.4 Å². The van der Waals surface area contributed by atoms with Crippen LogP contribution in [0.15, 0.2) is 42.2 Å². The van der Waals surface area contributed by atoms with Crippen molar-refractivity contribution in [3.63, 3.8) is 0 Å². The molecule has 0 aliphatic carbocycles. The number of carbonyl (C=O) groups is 2. The van der Waals surface area contributed by atoms with E-state index in [4.69, 9.17) is 14.9 Å². The SMILES string of the molecule is COC[C@H](C)NC(=O)/C(=C/C(=N)c1ccc2c(c1)OCC2)C(=O)Nc1cnn(C)c1. The van der Waals surface area contributed by atoms with Gasteiger partial charge in [0.2, 0.25) is 0 Å². The summed E-state index contributed by atoms with van der Waals surface area (Å²) in [5.74, 6) is -0.499. The van der Waals surface area contributed by atoms with Gasteiger partial charge in [-0.2, -0.15) is 5.10 Å². The fraction of sp³-hybridized carbons (Fsp3) is 0.333. The Balaban J connectivity index is 1.85. The Labute approximate surface area is 174 Å². The molecule has 0 saturated carbocycles. The highest BCUT2D eigenvalue weighted by Crippen LogP contribution is 2.26. The highest BCUT2D eigenvalue weighted by Gasteiger charge is 2.22. The molecule has 30 heavy (non-hydrogen) atoms. The smallest absolute Gasteiger partial charge is 0.261 e. The molecular weight excluding hydrogens is 386 g/mol. The Bertz CT molecular complexity index is 995. The van der Waals surface area contributed by atoms with Crippen molar-refractivity contribution in [2.24, 2.45) is 7.05 Å². The van der Waals surface area contributed by atoms with Gasteiger partial charge in [-0.15, -0.1) is 0 Å². The van der Waals surface area contributed by atoms with E-state index in [9.17, 15) is 9.59 Å². The molecule has 158 valence electrons. The van der Waals surface area contributed by atoms with Crippen molar-refractivity contribution >= 4 is 23.2 Å². The summed E-state index contributed by atoms with van der Waals surface area (Å²) in [6.07, 6.45) is 5.18. The van der Waals surface area contributed by atoms with Crippen molar-refractivity contribution < 1.29 is 19.1 Å². The molecule has 1 atom stereocenters. The second-order valence-electron chi connectivity index (χ2n) is 7.08. The number of nitrogens with one attached hydrogen (secondary N) is 3. The number of anilines is 1. The van der Waals surface area contributed by atoms with E-state index in [1.54, 1.807) is 32.3 Å². The Morgan fingerprint density at radius 3 is 2.90 bits per heavy atom. The third-order valence-electron chi connectivity index (χ3n) is 4.54. The Morgan fingerprint density at radius 2 is 2.20 bits per heavy atom. The van der Waals surface area contributed by atoms with Gasteiger partial charge in [0.05, 0.1) is 30.8 Å². The van der Waals surface area contributed by atoms with Crippen LogP contribution in [-0.4, -0.2) is 53.7 Å². The van der Waals surface area contributed by atoms with Crippen LogP contribution in [0.4, 0.5) is 5.69 Å². The number of hydrogen-bond acceptors (Lipinski definition) is 6. The molecule has 0 saturated heterocycles. The zero-order valence-electron chi connectivity index (χ0n) is 17.2. The first-order chi connectivity index (χ1) is 14.4. The number of allylic oxidation sites excluding steroid dienone is 1. The van der Waals surface area contributed by atoms with E-state index < -0.39 is 11.8 Å². The minimum atomic E-state index is -0.632. The molecule has 0 fully saturated rings. The van der Waals surface area contributed by atoms with E-state index in [2.05, 4.69) is 15.7 Å². The topological polar surface area (TPSA) is 118 Å². The van der Waals surface area contributed by atoms with E-state index in [1.807, 2.05) is 6.07 Å². The number of methoxy groups -OCH3 is 1. The zero-order chi connectivity index (χ0) is 21.7. The quantitative estimate of drug-likeness (QED) is 0.263. The number of nitrogens with zero attached hydrogens (tertiary/aromatic N) is 2. The number of hydrogen-bond donors (Lipinski definition) is 3. The fourth-order valence-electron chi connectivity index (χ4n) is 3.07. The lowest BCUT2D eigenvalue weighted by Gasteiger charge is -2.15. The van der Waals surface area contributed by atoms with Crippen molar-refractivity contribution in [2.75, 3.05) is 25.6 Å². The van der Waals surface area contributed by atoms with Crippen LogP contribution in [0.5, 0.6) is 5.75 Å². The summed E-state index contributed by atoms with van der Waals surface area (Å²) in [6.45, 7) is 2.67. The van der Waals surface area contributed by atoms with Gasteiger partial charge in [-0.3, -0.25) is 14.3 Å². The predicted molar refractivity (Wildman–Crippen MR) is 112 cm³/mol. The molecule has 1 aliphatic rings. The number of amides is 2. The van der Waals surface area contributed by atoms with E-state index in [0.717, 1.165) is 17.7 Å². The summed E-state index contributed by atoms with van der Waals surface area (Å²) in [7, 11) is 3.25. The minimum Gasteiger partial charge on any atom is -0.493 e. The van der Waals surface area contributed by atoms with Crippen molar-refractivity contribution in [1.29, 1.82) is 5.41 Å². The second kappa shape index (κ2) is 9.36. The monoisotopic (exact) mass is 411 g/mol. The minimum absolute atomic E-state index is 0.0270. The maximum Gasteiger partial charge on any atom is 0.261 e. The van der Waals surface area contributed by atoms with Gasteiger partial charge >= 0.3 is 0 Å². The lowest BCUT2D eigenvalue weighted by Crippen LogP contribution is -2.39. The number of aryl methyl sites for hydroxylation is 1. The number of benzene rings is 1. The highest BCUT2D eigenvalue weighted by molar-refractivity contribution is 6.27. The standard InChI is InChI=1S/C21H25N5O4/c1-13(12-29-3)24-20(27)17(21(28)25-16-10-23-26(2)11-16)9-18(22)15-5-4-14-6-7-30-19(14)8-15/h4-5,8-11,13,22H,6-7,12H2,1-3H3,(H,24,27)(H,25,28)/b17-9-,22-18?/t13-/m0/s1. The third-order valence-corrected chi connectivity index (χ3v) is 4.54. The Morgan fingerprint density at radius 1 is 1.40 bits per heavy atom. The molecule has 2 aromatic rings. The van der Waals surface area contributed by atoms with Crippen LogP contribution in [0.2, 0.25) is 0 Å². The van der Waals surface area contributed by atoms with Gasteiger partial charge in [0, 0.05) is 38.4 Å². The maximum atomic E-state index is 12.8. The van der Waals surface area contributed by atoms with Crippen molar-refractivity contribution in [3.8, 4) is 5.75 Å². The van der Waals surface area contributed by atoms with Crippen molar-refractivity contribution in [3.05, 3.63) is 53.4 Å². The van der Waals surface area contributed by atoms with Gasteiger partial charge in [0.1, 0.15) is 11.3 Å². The van der Waals surface area contributed by atoms with E-state index >= 15 is 0 Å². The van der Waals surface area contributed by atoms with Gasteiger partial charge in [0.15, 0.2) is 0 Å². The molecule has 3 N–H and O–H groups in total. The largest absolute Gasteiger partial charge is 0.493 e. The Hall–Kier alpha value is -3.46. The van der Waals surface area contributed by atoms with Gasteiger partial charge in [0.25, 0.3) is 11.8 Å². The van der Waals surface area contributed by atoms with Gasteiger partial charge in [-0.1, -0.05) is 12.1 Å². The average molecular weight is 411 g/mol. The summed E-state index contributed by atoms with van der Waals surface area (Å²) >= 11 is 0. The van der Waals surface area contributed by atoms with Crippen LogP contribution in [0, 0.1) is 5.41 Å². The van der Waals surface area contributed by atoms with Crippen LogP contribution in [0.25, 0.3) is 0 Å². The first-order valence-electron chi connectivity index (χ1n) is 9.53. The van der Waals surface area contributed by atoms with Crippen LogP contribution in [0.3, 0.4) is 0 Å². The molecule has 2 amide bonds. The van der Waals surface area contributed by atoms with E-state index in [0.29, 0.717) is 24.5 Å². The number of ether oxygens (including phenoxy) is 2. The maximum absolute atomic E-state index is 12.8. The molecule has 1 aromatic carbocycles. The summed E-state index contributed by atoms with van der Waals surface area (Å²) < 4.78 is 12.1. The molecule has 3 rings (SSSR count). The van der Waals surface area contributed by atoms with Gasteiger partial charge in [-0.05, 0) is 24.6 Å². The lowest BCUT2D eigenvalue weighted by atomic mass is 10.0. The van der Waals surface area contributed by atoms with Gasteiger partial charge < -0.3 is 25.5 Å². The molecule has 0 radical (unpaired) electrons. The Kier molecular flexibility index (Phi) is 6.63. The van der Waals surface area contributed by atoms with E-state index in [-0.39, 0.29) is 17.3 Å². The molecule has 1 aliphatic heterocycles.